The number of Topliss-reactive ketones (excluding diaryl/α,β-unsaturated/α-hetero) is 1. The smallest absolute Gasteiger partial charge is 0.212 e. The number of fused-ring (bicyclic) bond motifs is 3. The minimum absolute atomic E-state index is 0.122. The van der Waals surface area contributed by atoms with Crippen LogP contribution in [0.25, 0.3) is 10.9 Å². The van der Waals surface area contributed by atoms with E-state index in [0.29, 0.717) is 4.59 Å². The number of hydrogen-bond acceptors (Lipinski definition) is 2. The lowest BCUT2D eigenvalue weighted by Gasteiger charge is -2.29. The summed E-state index contributed by atoms with van der Waals surface area (Å²) in [5.41, 5.74) is 3.86. The molecule has 1 aromatic heterocycles. The second-order valence-electron chi connectivity index (χ2n) is 6.19. The Morgan fingerprint density at radius 1 is 1.24 bits per heavy atom. The number of halogens is 1. The lowest BCUT2D eigenvalue weighted by Crippen LogP contribution is -2.47. The van der Waals surface area contributed by atoms with Crippen LogP contribution in [0, 0.1) is 0 Å². The molecule has 1 aliphatic carbocycles. The fourth-order valence-corrected chi connectivity index (χ4v) is 3.50. The molecule has 0 spiro atoms. The first-order valence-corrected chi connectivity index (χ1v) is 7.88. The molecule has 21 heavy (non-hydrogen) atoms. The molecule has 3 rings (SSSR count). The molecule has 5 heteroatoms. The molecule has 0 aliphatic heterocycles. The zero-order chi connectivity index (χ0) is 15.4. The molecule has 2 aromatic rings. The minimum Gasteiger partial charge on any atom is -0.315 e. The largest absolute Gasteiger partial charge is 0.315 e. The van der Waals surface area contributed by atoms with Crippen molar-refractivity contribution in [1.29, 1.82) is 0 Å². The topological polar surface area (TPSA) is 25.2 Å². The van der Waals surface area contributed by atoms with Crippen LogP contribution < -0.4 is 4.59 Å². The van der Waals surface area contributed by atoms with Crippen molar-refractivity contribution in [3.05, 3.63) is 47.3 Å². The number of carbonyl (C=O) groups is 1. The van der Waals surface area contributed by atoms with Gasteiger partial charge in [0.1, 0.15) is 5.52 Å². The van der Waals surface area contributed by atoms with Crippen LogP contribution in [0.3, 0.4) is 0 Å². The Hall–Kier alpha value is -1.34. The Kier molecular flexibility index (Phi) is 3.37. The van der Waals surface area contributed by atoms with Crippen molar-refractivity contribution in [2.24, 2.45) is 0 Å². The Balaban J connectivity index is 2.35. The van der Waals surface area contributed by atoms with Gasteiger partial charge in [-0.1, -0.05) is 24.3 Å². The first-order valence-electron chi connectivity index (χ1n) is 6.91. The number of benzene rings is 1. The maximum atomic E-state index is 12.9. The van der Waals surface area contributed by atoms with Gasteiger partial charge in [-0.15, -0.1) is 0 Å². The van der Waals surface area contributed by atoms with E-state index in [1.165, 1.54) is 0 Å². The van der Waals surface area contributed by atoms with Crippen molar-refractivity contribution in [1.82, 2.24) is 12.4 Å². The maximum Gasteiger partial charge on any atom is 0.212 e. The third-order valence-electron chi connectivity index (χ3n) is 3.83. The third-order valence-corrected chi connectivity index (χ3v) is 4.35. The van der Waals surface area contributed by atoms with E-state index in [4.69, 9.17) is 0 Å². The molecule has 0 amide bonds. The fraction of sp³-hybridized carbons (Fsp3) is 0.312. The normalized spacial score (nSPS) is 15.1. The molecule has 110 valence electrons. The molecule has 0 atom stereocenters. The predicted octanol–water partition coefficient (Wildman–Crippen LogP) is 2.87. The summed E-state index contributed by atoms with van der Waals surface area (Å²) in [6.07, 6.45) is 2.82. The van der Waals surface area contributed by atoms with E-state index < -0.39 is 0 Å². The molecular weight excluding hydrogens is 377 g/mol. The SMILES string of the molecule is CN(I)C1=CCc2c(c3ccccc3n2[N+](C)(C)C)C1=O. The van der Waals surface area contributed by atoms with E-state index >= 15 is 0 Å². The summed E-state index contributed by atoms with van der Waals surface area (Å²) in [5.74, 6) is 0.122. The van der Waals surface area contributed by atoms with E-state index in [9.17, 15) is 4.79 Å². The van der Waals surface area contributed by atoms with Crippen LogP contribution in [0.4, 0.5) is 0 Å². The van der Waals surface area contributed by atoms with E-state index in [-0.39, 0.29) is 5.78 Å². The molecule has 0 unspecified atom stereocenters. The lowest BCUT2D eigenvalue weighted by atomic mass is 9.97. The van der Waals surface area contributed by atoms with Gasteiger partial charge in [0.25, 0.3) is 0 Å². The Morgan fingerprint density at radius 3 is 2.52 bits per heavy atom. The van der Waals surface area contributed by atoms with Crippen molar-refractivity contribution in [2.45, 2.75) is 6.42 Å². The van der Waals surface area contributed by atoms with E-state index in [2.05, 4.69) is 54.8 Å². The molecule has 1 aromatic carbocycles. The number of hydrogen-bond donors (Lipinski definition) is 0. The van der Waals surface area contributed by atoms with Crippen LogP contribution in [-0.2, 0) is 6.42 Å². The standard InChI is InChI=1S/C16H19IN3O/c1-18(17)14-10-9-13-15(16(14)21)11-7-5-6-8-12(11)19(13)20(2,3)4/h5-8,10H,9H2,1-4H3/q+1. The second-order valence-corrected chi connectivity index (χ2v) is 7.64. The predicted molar refractivity (Wildman–Crippen MR) is 95.1 cm³/mol. The van der Waals surface area contributed by atoms with Gasteiger partial charge in [-0.3, -0.25) is 4.79 Å². The van der Waals surface area contributed by atoms with Crippen LogP contribution in [0.2, 0.25) is 0 Å². The van der Waals surface area contributed by atoms with Gasteiger partial charge < -0.3 is 3.11 Å². The Labute approximate surface area is 138 Å². The number of allylic oxidation sites excluding steroid dienone is 2. The van der Waals surface area contributed by atoms with Gasteiger partial charge in [-0.25, -0.2) is 4.59 Å². The molecule has 0 N–H and O–H groups in total. The minimum atomic E-state index is 0.122. The van der Waals surface area contributed by atoms with Gasteiger partial charge in [0.15, 0.2) is 0 Å². The summed E-state index contributed by atoms with van der Waals surface area (Å²) in [5, 5.41) is 1.05. The van der Waals surface area contributed by atoms with E-state index in [1.54, 1.807) is 0 Å². The van der Waals surface area contributed by atoms with Gasteiger partial charge in [0.05, 0.1) is 61.0 Å². The fourth-order valence-electron chi connectivity index (χ4n) is 3.08. The zero-order valence-electron chi connectivity index (χ0n) is 12.7. The summed E-state index contributed by atoms with van der Waals surface area (Å²) in [6.45, 7) is 0. The highest BCUT2D eigenvalue weighted by molar-refractivity contribution is 14.1. The summed E-state index contributed by atoms with van der Waals surface area (Å²) >= 11 is 2.16. The highest BCUT2D eigenvalue weighted by Gasteiger charge is 2.32. The van der Waals surface area contributed by atoms with E-state index in [1.807, 2.05) is 34.4 Å². The highest BCUT2D eigenvalue weighted by atomic mass is 127. The Bertz CT molecular complexity index is 766. The summed E-state index contributed by atoms with van der Waals surface area (Å²) < 4.78 is 4.77. The number of aromatic nitrogens is 1. The number of quaternary nitrogens is 1. The van der Waals surface area contributed by atoms with Crippen LogP contribution in [0.5, 0.6) is 0 Å². The zero-order valence-corrected chi connectivity index (χ0v) is 14.9. The van der Waals surface area contributed by atoms with Crippen LogP contribution in [-0.4, -0.2) is 41.8 Å². The molecule has 0 saturated carbocycles. The third kappa shape index (κ3) is 2.19. The monoisotopic (exact) mass is 396 g/mol. The van der Waals surface area contributed by atoms with Crippen molar-refractivity contribution in [3.8, 4) is 0 Å². The maximum absolute atomic E-state index is 12.9. The summed E-state index contributed by atoms with van der Waals surface area (Å²) in [7, 11) is 8.29. The van der Waals surface area contributed by atoms with E-state index in [0.717, 1.165) is 34.3 Å². The molecule has 1 aliphatic rings. The molecule has 1 heterocycles. The quantitative estimate of drug-likeness (QED) is 0.443. The van der Waals surface area contributed by atoms with Gasteiger partial charge in [-0.2, -0.15) is 4.68 Å². The summed E-state index contributed by atoms with van der Waals surface area (Å²) in [4.78, 5) is 12.9. The van der Waals surface area contributed by atoms with Crippen LogP contribution in [0.15, 0.2) is 36.0 Å². The van der Waals surface area contributed by atoms with Crippen molar-refractivity contribution in [3.63, 3.8) is 0 Å². The molecule has 0 saturated heterocycles. The van der Waals surface area contributed by atoms with Gasteiger partial charge in [0, 0.05) is 18.9 Å². The second kappa shape index (κ2) is 4.84. The lowest BCUT2D eigenvalue weighted by molar-refractivity contribution is 0.101. The molecule has 0 fully saturated rings. The first-order chi connectivity index (χ1) is 9.82. The average molecular weight is 396 g/mol. The van der Waals surface area contributed by atoms with Crippen molar-refractivity contribution >= 4 is 39.6 Å². The summed E-state index contributed by atoms with van der Waals surface area (Å²) in [6, 6.07) is 8.18. The highest BCUT2D eigenvalue weighted by Crippen LogP contribution is 2.33. The molecule has 0 radical (unpaired) electrons. The number of likely N-dealkylation sites (N-methyl/N-ethyl adjacent to an activating group) is 1. The molecule has 4 nitrogen and oxygen atoms in total. The van der Waals surface area contributed by atoms with Gasteiger partial charge in [0.2, 0.25) is 5.78 Å². The molecular formula is C16H19IN3O+. The number of ketones is 1. The number of nitrogens with zero attached hydrogens (tertiary/aromatic N) is 3. The number of carbonyl (C=O) groups excluding carboxylic acids is 1. The van der Waals surface area contributed by atoms with Crippen molar-refractivity contribution < 1.29 is 4.79 Å². The van der Waals surface area contributed by atoms with Gasteiger partial charge >= 0.3 is 0 Å². The van der Waals surface area contributed by atoms with Crippen LogP contribution >= 0.6 is 22.9 Å². The average Bonchev–Trinajstić information content (AvgIpc) is 2.73. The number of rotatable bonds is 2. The molecule has 0 bridgehead atoms. The first kappa shape index (κ1) is 14.6. The van der Waals surface area contributed by atoms with Crippen LogP contribution in [0.1, 0.15) is 16.1 Å². The van der Waals surface area contributed by atoms with Crippen molar-refractivity contribution in [2.75, 3.05) is 28.2 Å². The number of para-hydroxylation sites is 1. The Morgan fingerprint density at radius 2 is 1.90 bits per heavy atom. The van der Waals surface area contributed by atoms with Gasteiger partial charge in [-0.05, 0) is 6.07 Å².